The zero-order valence-corrected chi connectivity index (χ0v) is 27.9. The Morgan fingerprint density at radius 3 is 1.72 bits per heavy atom. The van der Waals surface area contributed by atoms with Gasteiger partial charge in [0.1, 0.15) is 17.2 Å². The summed E-state index contributed by atoms with van der Waals surface area (Å²) in [6.45, 7) is 4.33. The van der Waals surface area contributed by atoms with Crippen molar-refractivity contribution in [2.24, 2.45) is 0 Å². The summed E-state index contributed by atoms with van der Waals surface area (Å²) < 4.78 is 36.8. The Balaban J connectivity index is 2.40. The Morgan fingerprint density at radius 2 is 1.26 bits per heavy atom. The topological polar surface area (TPSA) is 190 Å². The van der Waals surface area contributed by atoms with E-state index < -0.39 is 47.1 Å². The Bertz CT molecular complexity index is 1260. The Labute approximate surface area is 274 Å². The number of rotatable bonds is 20. The average Bonchev–Trinajstić information content (AvgIpc) is 3.44. The number of fused-ring (bicyclic) bond motifs is 1. The summed E-state index contributed by atoms with van der Waals surface area (Å²) in [5, 5.41) is 6.46. The second kappa shape index (κ2) is 19.5. The van der Waals surface area contributed by atoms with Crippen LogP contribution in [-0.2, 0) is 58.8 Å². The molecular formula is C32H47N3O12. The molecule has 1 aromatic heterocycles. The molecule has 0 fully saturated rings. The largest absolute Gasteiger partial charge is 0.469 e. The van der Waals surface area contributed by atoms with Crippen molar-refractivity contribution in [3.63, 3.8) is 0 Å². The fourth-order valence-electron chi connectivity index (χ4n) is 4.34. The monoisotopic (exact) mass is 665 g/mol. The first kappa shape index (κ1) is 39.0. The lowest BCUT2D eigenvalue weighted by Crippen LogP contribution is -2.62. The summed E-state index contributed by atoms with van der Waals surface area (Å²) in [5.74, 6) is -2.11. The number of nitrogens with one attached hydrogen (secondary N) is 3. The van der Waals surface area contributed by atoms with E-state index in [1.54, 1.807) is 27.0 Å². The molecule has 47 heavy (non-hydrogen) atoms. The van der Waals surface area contributed by atoms with Crippen LogP contribution < -0.4 is 10.6 Å². The van der Waals surface area contributed by atoms with Gasteiger partial charge in [0.25, 0.3) is 0 Å². The zero-order valence-electron chi connectivity index (χ0n) is 27.9. The lowest BCUT2D eigenvalue weighted by molar-refractivity contribution is -0.143. The summed E-state index contributed by atoms with van der Waals surface area (Å²) in [4.78, 5) is 65.3. The molecule has 0 aliphatic carbocycles. The predicted molar refractivity (Wildman–Crippen MR) is 168 cm³/mol. The maximum atomic E-state index is 14.1. The van der Waals surface area contributed by atoms with Crippen molar-refractivity contribution in [1.29, 1.82) is 0 Å². The Hall–Kier alpha value is -4.21. The van der Waals surface area contributed by atoms with Gasteiger partial charge in [-0.3, -0.25) is 19.2 Å². The first-order valence-electron chi connectivity index (χ1n) is 15.1. The Morgan fingerprint density at radius 1 is 0.766 bits per heavy atom. The van der Waals surface area contributed by atoms with Crippen molar-refractivity contribution in [1.82, 2.24) is 15.6 Å². The molecule has 0 spiro atoms. The molecule has 262 valence electrons. The van der Waals surface area contributed by atoms with Crippen molar-refractivity contribution < 1.29 is 57.1 Å². The molecular weight excluding hydrogens is 618 g/mol. The van der Waals surface area contributed by atoms with Crippen LogP contribution in [0.15, 0.2) is 30.5 Å². The van der Waals surface area contributed by atoms with Crippen molar-refractivity contribution in [3.8, 4) is 0 Å². The molecule has 1 atom stereocenters. The van der Waals surface area contributed by atoms with E-state index in [0.717, 1.165) is 16.5 Å². The molecule has 0 bridgehead atoms. The van der Waals surface area contributed by atoms with Crippen LogP contribution in [0.2, 0.25) is 0 Å². The highest BCUT2D eigenvalue weighted by Gasteiger charge is 2.37. The third kappa shape index (κ3) is 14.4. The van der Waals surface area contributed by atoms with Gasteiger partial charge in [0.2, 0.25) is 5.91 Å². The summed E-state index contributed by atoms with van der Waals surface area (Å²) in [6.07, 6.45) is 0.863. The molecule has 0 aliphatic rings. The number of carbonyl (C=O) groups is 5. The van der Waals surface area contributed by atoms with Crippen LogP contribution in [0.25, 0.3) is 10.9 Å². The van der Waals surface area contributed by atoms with Crippen molar-refractivity contribution in [2.45, 2.75) is 63.6 Å². The van der Waals surface area contributed by atoms with Gasteiger partial charge in [-0.25, -0.2) is 4.79 Å². The number of esters is 3. The standard InChI is InChI=1S/C32H47N3O12/c1-31(2,3)47-30(40)34-25(17-22-18-33-24-10-8-7-9-23(22)24)29(39)35-32(19-44-14-11-26(36)41-4,20-45-15-12-27(37)42-5)21-46-16-13-28(38)43-6/h7-10,18,25,33H,11-17,19-21H2,1-6H3,(H,34,40)(H,35,39)/t25-/m0/s1. The smallest absolute Gasteiger partial charge is 0.408 e. The molecule has 0 unspecified atom stereocenters. The molecule has 2 amide bonds. The number of carbonyl (C=O) groups excluding carboxylic acids is 5. The highest BCUT2D eigenvalue weighted by atomic mass is 16.6. The van der Waals surface area contributed by atoms with Crippen LogP contribution in [0.5, 0.6) is 0 Å². The molecule has 1 heterocycles. The fraction of sp³-hybridized carbons (Fsp3) is 0.594. The van der Waals surface area contributed by atoms with E-state index in [9.17, 15) is 24.0 Å². The number of methoxy groups -OCH3 is 3. The minimum Gasteiger partial charge on any atom is -0.469 e. The number of ether oxygens (including phenoxy) is 7. The number of aromatic nitrogens is 1. The normalized spacial score (nSPS) is 12.2. The highest BCUT2D eigenvalue weighted by molar-refractivity contribution is 5.89. The molecule has 0 saturated heterocycles. The minimum absolute atomic E-state index is 0.0520. The molecule has 0 aliphatic heterocycles. The van der Waals surface area contributed by atoms with Gasteiger partial charge in [0.05, 0.1) is 80.2 Å². The summed E-state index contributed by atoms with van der Waals surface area (Å²) in [5.41, 5.74) is -0.622. The number of alkyl carbamates (subject to hydrolysis) is 1. The van der Waals surface area contributed by atoms with Gasteiger partial charge >= 0.3 is 24.0 Å². The van der Waals surface area contributed by atoms with Crippen LogP contribution in [0.3, 0.4) is 0 Å². The van der Waals surface area contributed by atoms with Crippen molar-refractivity contribution in [3.05, 3.63) is 36.0 Å². The zero-order chi connectivity index (χ0) is 34.9. The SMILES string of the molecule is COC(=O)CCOCC(COCCC(=O)OC)(COCCC(=O)OC)NC(=O)[C@H](Cc1c[nH]c2ccccc12)NC(=O)OC(C)(C)C. The second-order valence-corrected chi connectivity index (χ2v) is 11.7. The van der Waals surface area contributed by atoms with Gasteiger partial charge in [-0.05, 0) is 32.4 Å². The number of para-hydroxylation sites is 1. The fourth-order valence-corrected chi connectivity index (χ4v) is 4.34. The van der Waals surface area contributed by atoms with Gasteiger partial charge < -0.3 is 48.8 Å². The van der Waals surface area contributed by atoms with Crippen molar-refractivity contribution in [2.75, 3.05) is 61.0 Å². The third-order valence-electron chi connectivity index (χ3n) is 6.66. The Kier molecular flexibility index (Phi) is 16.1. The summed E-state index contributed by atoms with van der Waals surface area (Å²) in [6, 6.07) is 6.39. The highest BCUT2D eigenvalue weighted by Crippen LogP contribution is 2.20. The van der Waals surface area contributed by atoms with Gasteiger partial charge in [0.15, 0.2) is 0 Å². The van der Waals surface area contributed by atoms with E-state index in [0.29, 0.717) is 0 Å². The summed E-state index contributed by atoms with van der Waals surface area (Å²) >= 11 is 0. The van der Waals surface area contributed by atoms with Crippen LogP contribution >= 0.6 is 0 Å². The molecule has 0 radical (unpaired) electrons. The van der Waals surface area contributed by atoms with Gasteiger partial charge in [0, 0.05) is 23.5 Å². The number of hydrogen-bond donors (Lipinski definition) is 3. The van der Waals surface area contributed by atoms with Crippen LogP contribution in [0.1, 0.15) is 45.6 Å². The van der Waals surface area contributed by atoms with E-state index >= 15 is 0 Å². The molecule has 2 rings (SSSR count). The van der Waals surface area contributed by atoms with E-state index in [-0.39, 0.29) is 65.3 Å². The van der Waals surface area contributed by atoms with Crippen LogP contribution in [0.4, 0.5) is 4.79 Å². The average molecular weight is 666 g/mol. The molecule has 1 aromatic carbocycles. The van der Waals surface area contributed by atoms with Gasteiger partial charge in [-0.1, -0.05) is 18.2 Å². The van der Waals surface area contributed by atoms with Crippen LogP contribution in [0, 0.1) is 0 Å². The van der Waals surface area contributed by atoms with Gasteiger partial charge in [-0.15, -0.1) is 0 Å². The second-order valence-electron chi connectivity index (χ2n) is 11.7. The number of hydrogen-bond acceptors (Lipinski definition) is 12. The molecule has 15 nitrogen and oxygen atoms in total. The van der Waals surface area contributed by atoms with E-state index in [1.165, 1.54) is 21.3 Å². The number of H-pyrrole nitrogens is 1. The lowest BCUT2D eigenvalue weighted by atomic mass is 9.99. The maximum Gasteiger partial charge on any atom is 0.408 e. The molecule has 2 aromatic rings. The first-order chi connectivity index (χ1) is 22.3. The first-order valence-corrected chi connectivity index (χ1v) is 15.1. The number of amides is 2. The third-order valence-corrected chi connectivity index (χ3v) is 6.66. The number of aromatic amines is 1. The van der Waals surface area contributed by atoms with Gasteiger partial charge in [-0.2, -0.15) is 0 Å². The maximum absolute atomic E-state index is 14.1. The van der Waals surface area contributed by atoms with Crippen LogP contribution in [-0.4, -0.2) is 113 Å². The lowest BCUT2D eigenvalue weighted by Gasteiger charge is -2.35. The predicted octanol–water partition coefficient (Wildman–Crippen LogP) is 2.20. The van der Waals surface area contributed by atoms with E-state index in [1.807, 2.05) is 24.3 Å². The quantitative estimate of drug-likeness (QED) is 0.106. The minimum atomic E-state index is -1.41. The number of benzene rings is 1. The molecule has 0 saturated carbocycles. The van der Waals surface area contributed by atoms with Crippen molar-refractivity contribution >= 4 is 40.8 Å². The van der Waals surface area contributed by atoms with E-state index in [2.05, 4.69) is 29.8 Å². The van der Waals surface area contributed by atoms with E-state index in [4.69, 9.17) is 18.9 Å². The molecule has 15 heteroatoms. The molecule has 3 N–H and O–H groups in total. The summed E-state index contributed by atoms with van der Waals surface area (Å²) in [7, 11) is 3.76.